The van der Waals surface area contributed by atoms with E-state index >= 15 is 0 Å². The van der Waals surface area contributed by atoms with Crippen LogP contribution < -0.4 is 5.32 Å². The van der Waals surface area contributed by atoms with Crippen LogP contribution in [0.15, 0.2) is 41.7 Å². The lowest BCUT2D eigenvalue weighted by molar-refractivity contribution is -0.113. The van der Waals surface area contributed by atoms with E-state index in [9.17, 15) is 4.79 Å². The van der Waals surface area contributed by atoms with Gasteiger partial charge in [0.1, 0.15) is 0 Å². The molecule has 0 saturated carbocycles. The molecular weight excluding hydrogens is 383 g/mol. The molecule has 10 heteroatoms. The summed E-state index contributed by atoms with van der Waals surface area (Å²) in [6.45, 7) is 2.00. The molecule has 0 aliphatic heterocycles. The smallest absolute Gasteiger partial charge is 0.236 e. The number of rotatable bonds is 5. The van der Waals surface area contributed by atoms with E-state index in [1.807, 2.05) is 31.2 Å². The quantitative estimate of drug-likeness (QED) is 0.667. The van der Waals surface area contributed by atoms with Crippen LogP contribution in [-0.2, 0) is 4.79 Å². The van der Waals surface area contributed by atoms with E-state index in [2.05, 4.69) is 25.8 Å². The van der Waals surface area contributed by atoms with E-state index in [1.54, 1.807) is 4.68 Å². The fourth-order valence-electron chi connectivity index (χ4n) is 1.92. The van der Waals surface area contributed by atoms with E-state index < -0.39 is 0 Å². The third-order valence-electron chi connectivity index (χ3n) is 3.12. The van der Waals surface area contributed by atoms with Crippen LogP contribution in [0.4, 0.5) is 5.82 Å². The molecule has 3 rings (SSSR count). The van der Waals surface area contributed by atoms with Crippen LogP contribution >= 0.6 is 35.0 Å². The Labute approximate surface area is 157 Å². The Balaban J connectivity index is 1.65. The summed E-state index contributed by atoms with van der Waals surface area (Å²) in [6, 6.07) is 9.26. The Kier molecular flexibility index (Phi) is 5.52. The zero-order chi connectivity index (χ0) is 17.8. The van der Waals surface area contributed by atoms with E-state index in [4.69, 9.17) is 23.2 Å². The van der Waals surface area contributed by atoms with E-state index in [0.29, 0.717) is 10.2 Å². The first-order valence-corrected chi connectivity index (χ1v) is 8.86. The number of aryl methyl sites for hydroxylation is 1. The molecular formula is C15H12Cl2N6OS. The molecule has 0 saturated heterocycles. The number of carbonyl (C=O) groups is 1. The minimum Gasteiger partial charge on any atom is -0.309 e. The Bertz CT molecular complexity index is 899. The first-order valence-electron chi connectivity index (χ1n) is 7.12. The van der Waals surface area contributed by atoms with Crippen LogP contribution in [0.2, 0.25) is 10.0 Å². The number of pyridine rings is 1. The van der Waals surface area contributed by atoms with Crippen molar-refractivity contribution < 1.29 is 4.79 Å². The summed E-state index contributed by atoms with van der Waals surface area (Å²) in [5.74, 6) is 0.0855. The van der Waals surface area contributed by atoms with Crippen LogP contribution in [0.5, 0.6) is 0 Å². The van der Waals surface area contributed by atoms with Crippen LogP contribution in [0.3, 0.4) is 0 Å². The molecule has 1 N–H and O–H groups in total. The molecule has 0 spiro atoms. The number of aromatic nitrogens is 5. The molecule has 0 radical (unpaired) electrons. The summed E-state index contributed by atoms with van der Waals surface area (Å²) in [6.07, 6.45) is 1.41. The number of nitrogens with zero attached hydrogens (tertiary/aromatic N) is 5. The molecule has 3 aromatic rings. The molecule has 0 atom stereocenters. The van der Waals surface area contributed by atoms with Crippen molar-refractivity contribution in [1.29, 1.82) is 0 Å². The number of benzene rings is 1. The fourth-order valence-corrected chi connectivity index (χ4v) is 3.04. The van der Waals surface area contributed by atoms with E-state index in [1.165, 1.54) is 24.0 Å². The van der Waals surface area contributed by atoms with Gasteiger partial charge in [-0.15, -0.1) is 5.10 Å². The Morgan fingerprint density at radius 3 is 2.76 bits per heavy atom. The molecule has 1 aromatic carbocycles. The Hall–Kier alpha value is -2.16. The highest BCUT2D eigenvalue weighted by Crippen LogP contribution is 2.23. The van der Waals surface area contributed by atoms with Gasteiger partial charge in [0.2, 0.25) is 11.1 Å². The largest absolute Gasteiger partial charge is 0.309 e. The van der Waals surface area contributed by atoms with Gasteiger partial charge in [-0.05, 0) is 35.5 Å². The maximum atomic E-state index is 12.1. The first-order chi connectivity index (χ1) is 12.0. The van der Waals surface area contributed by atoms with Crippen LogP contribution in [0.25, 0.3) is 5.69 Å². The molecule has 0 fully saturated rings. The lowest BCUT2D eigenvalue weighted by Gasteiger charge is -2.07. The van der Waals surface area contributed by atoms with Crippen molar-refractivity contribution in [3.8, 4) is 5.69 Å². The molecule has 0 aliphatic rings. The van der Waals surface area contributed by atoms with Gasteiger partial charge >= 0.3 is 0 Å². The van der Waals surface area contributed by atoms with Gasteiger partial charge in [-0.2, -0.15) is 4.68 Å². The number of hydrogen-bond acceptors (Lipinski definition) is 6. The Morgan fingerprint density at radius 1 is 1.28 bits per heavy atom. The van der Waals surface area contributed by atoms with Crippen molar-refractivity contribution in [2.45, 2.75) is 12.1 Å². The standard InChI is InChI=1S/C15H12Cl2N6OS/c1-9-2-4-11(5-3-9)23-15(20-21-22-23)25-8-13(24)19-14-12(17)6-10(16)7-18-14/h2-7H,8H2,1H3,(H,18,19,24). The second-order valence-electron chi connectivity index (χ2n) is 5.03. The van der Waals surface area contributed by atoms with Gasteiger partial charge in [0, 0.05) is 6.20 Å². The average Bonchev–Trinajstić information content (AvgIpc) is 3.05. The predicted molar refractivity (Wildman–Crippen MR) is 97.5 cm³/mol. The number of carbonyl (C=O) groups excluding carboxylic acids is 1. The van der Waals surface area contributed by atoms with Crippen LogP contribution in [0.1, 0.15) is 5.56 Å². The number of hydrogen-bond donors (Lipinski definition) is 1. The second kappa shape index (κ2) is 7.81. The van der Waals surface area contributed by atoms with Crippen molar-refractivity contribution in [2.75, 3.05) is 11.1 Å². The van der Waals surface area contributed by atoms with Gasteiger partial charge in [-0.1, -0.05) is 52.7 Å². The summed E-state index contributed by atoms with van der Waals surface area (Å²) < 4.78 is 1.57. The maximum absolute atomic E-state index is 12.1. The number of nitrogens with one attached hydrogen (secondary N) is 1. The minimum absolute atomic E-state index is 0.104. The minimum atomic E-state index is -0.278. The van der Waals surface area contributed by atoms with Crippen molar-refractivity contribution in [3.05, 3.63) is 52.1 Å². The topological polar surface area (TPSA) is 85.6 Å². The molecule has 0 aliphatic carbocycles. The monoisotopic (exact) mass is 394 g/mol. The van der Waals surface area contributed by atoms with Crippen LogP contribution in [-0.4, -0.2) is 36.9 Å². The van der Waals surface area contributed by atoms with Crippen LogP contribution in [0, 0.1) is 6.92 Å². The summed E-state index contributed by atoms with van der Waals surface area (Å²) in [5.41, 5.74) is 1.96. The highest BCUT2D eigenvalue weighted by Gasteiger charge is 2.13. The highest BCUT2D eigenvalue weighted by atomic mass is 35.5. The molecule has 128 valence electrons. The number of anilines is 1. The molecule has 0 bridgehead atoms. The second-order valence-corrected chi connectivity index (χ2v) is 6.82. The summed E-state index contributed by atoms with van der Waals surface area (Å²) in [5, 5.41) is 15.4. The number of thioether (sulfide) groups is 1. The molecule has 25 heavy (non-hydrogen) atoms. The molecule has 0 unspecified atom stereocenters. The molecule has 7 nitrogen and oxygen atoms in total. The van der Waals surface area contributed by atoms with Crippen molar-refractivity contribution in [3.63, 3.8) is 0 Å². The summed E-state index contributed by atoms with van der Waals surface area (Å²) in [4.78, 5) is 16.1. The van der Waals surface area contributed by atoms with Crippen molar-refractivity contribution in [2.24, 2.45) is 0 Å². The normalized spacial score (nSPS) is 10.7. The van der Waals surface area contributed by atoms with Gasteiger partial charge in [0.25, 0.3) is 0 Å². The number of halogens is 2. The van der Waals surface area contributed by atoms with Crippen molar-refractivity contribution in [1.82, 2.24) is 25.2 Å². The van der Waals surface area contributed by atoms with Gasteiger partial charge in [-0.3, -0.25) is 4.79 Å². The maximum Gasteiger partial charge on any atom is 0.236 e. The zero-order valence-electron chi connectivity index (χ0n) is 13.0. The van der Waals surface area contributed by atoms with Gasteiger partial charge in [0.15, 0.2) is 5.82 Å². The fraction of sp³-hybridized carbons (Fsp3) is 0.133. The third-order valence-corrected chi connectivity index (χ3v) is 4.53. The summed E-state index contributed by atoms with van der Waals surface area (Å²) in [7, 11) is 0. The highest BCUT2D eigenvalue weighted by molar-refractivity contribution is 7.99. The van der Waals surface area contributed by atoms with E-state index in [0.717, 1.165) is 11.3 Å². The first kappa shape index (κ1) is 17.7. The summed E-state index contributed by atoms with van der Waals surface area (Å²) >= 11 is 13.0. The van der Waals surface area contributed by atoms with E-state index in [-0.39, 0.29) is 22.5 Å². The van der Waals surface area contributed by atoms with Gasteiger partial charge in [0.05, 0.1) is 21.5 Å². The molecule has 2 aromatic heterocycles. The average molecular weight is 395 g/mol. The van der Waals surface area contributed by atoms with Gasteiger partial charge < -0.3 is 5.32 Å². The lowest BCUT2D eigenvalue weighted by Crippen LogP contribution is -2.15. The number of tetrazole rings is 1. The SMILES string of the molecule is Cc1ccc(-n2nnnc2SCC(=O)Nc2ncc(Cl)cc2Cl)cc1. The molecule has 2 heterocycles. The lowest BCUT2D eigenvalue weighted by atomic mass is 10.2. The number of amides is 1. The molecule has 1 amide bonds. The Morgan fingerprint density at radius 2 is 2.04 bits per heavy atom. The zero-order valence-corrected chi connectivity index (χ0v) is 15.3. The third kappa shape index (κ3) is 4.47. The van der Waals surface area contributed by atoms with Crippen molar-refractivity contribution >= 4 is 46.7 Å². The predicted octanol–water partition coefficient (Wildman–Crippen LogP) is 3.40. The van der Waals surface area contributed by atoms with Gasteiger partial charge in [-0.25, -0.2) is 4.98 Å².